The Balaban J connectivity index is 0.00000114. The highest BCUT2D eigenvalue weighted by atomic mass is 16.5. The van der Waals surface area contributed by atoms with E-state index in [9.17, 15) is 9.59 Å². The van der Waals surface area contributed by atoms with Crippen LogP contribution in [0, 0.1) is 0 Å². The Hall–Kier alpha value is -2.41. The lowest BCUT2D eigenvalue weighted by molar-refractivity contribution is -0.146. The van der Waals surface area contributed by atoms with Crippen LogP contribution >= 0.6 is 0 Å². The summed E-state index contributed by atoms with van der Waals surface area (Å²) in [6.45, 7) is 5.36. The van der Waals surface area contributed by atoms with E-state index in [1.165, 1.54) is 5.56 Å². The van der Waals surface area contributed by atoms with Gasteiger partial charge in [0, 0.05) is 13.1 Å². The predicted octanol–water partition coefficient (Wildman–Crippen LogP) is 1.85. The van der Waals surface area contributed by atoms with Crippen molar-refractivity contribution in [3.8, 4) is 0 Å². The fourth-order valence-electron chi connectivity index (χ4n) is 3.05. The molecule has 1 fully saturated rings. The average Bonchev–Trinajstić information content (AvgIpc) is 3.20. The maximum Gasteiger partial charge on any atom is 0.323 e. The molecular formula is C20H30N2O5. The molecule has 1 aromatic carbocycles. The summed E-state index contributed by atoms with van der Waals surface area (Å²) in [5, 5.41) is 10.1. The van der Waals surface area contributed by atoms with E-state index in [1.54, 1.807) is 6.92 Å². The van der Waals surface area contributed by atoms with E-state index in [0.717, 1.165) is 32.4 Å². The minimum Gasteiger partial charge on any atom is -0.483 e. The summed E-state index contributed by atoms with van der Waals surface area (Å²) in [6.07, 6.45) is 3.50. The van der Waals surface area contributed by atoms with Gasteiger partial charge in [0.25, 0.3) is 6.47 Å². The lowest BCUT2D eigenvalue weighted by atomic mass is 10.0. The zero-order chi connectivity index (χ0) is 20.1. The number of ether oxygens (including phenoxy) is 1. The number of esters is 1. The Morgan fingerprint density at radius 2 is 1.85 bits per heavy atom. The van der Waals surface area contributed by atoms with Crippen molar-refractivity contribution in [3.05, 3.63) is 35.9 Å². The molecular weight excluding hydrogens is 348 g/mol. The van der Waals surface area contributed by atoms with Gasteiger partial charge in [-0.3, -0.25) is 19.7 Å². The zero-order valence-electron chi connectivity index (χ0n) is 16.1. The van der Waals surface area contributed by atoms with Gasteiger partial charge >= 0.3 is 5.97 Å². The van der Waals surface area contributed by atoms with Gasteiger partial charge in [0.05, 0.1) is 12.6 Å². The third kappa shape index (κ3) is 8.21. The van der Waals surface area contributed by atoms with E-state index in [0.29, 0.717) is 13.0 Å². The summed E-state index contributed by atoms with van der Waals surface area (Å²) in [5.41, 5.74) is 1.17. The van der Waals surface area contributed by atoms with Gasteiger partial charge in [0.2, 0.25) is 5.91 Å². The SMILES string of the molecule is CCOC(=O)[C@H](CCc1ccccc1)N[C@@H](C)C(=O)N1CCCC1.O=CO. The molecule has 0 radical (unpaired) electrons. The molecule has 27 heavy (non-hydrogen) atoms. The summed E-state index contributed by atoms with van der Waals surface area (Å²) < 4.78 is 5.17. The summed E-state index contributed by atoms with van der Waals surface area (Å²) in [6, 6.07) is 9.19. The Bertz CT molecular complexity index is 573. The lowest BCUT2D eigenvalue weighted by Gasteiger charge is -2.25. The third-order valence-corrected chi connectivity index (χ3v) is 4.37. The maximum atomic E-state index is 12.4. The first-order chi connectivity index (χ1) is 13.0. The maximum absolute atomic E-state index is 12.4. The number of nitrogens with zero attached hydrogens (tertiary/aromatic N) is 1. The fraction of sp³-hybridized carbons (Fsp3) is 0.550. The fourth-order valence-corrected chi connectivity index (χ4v) is 3.05. The van der Waals surface area contributed by atoms with Crippen LogP contribution in [0.2, 0.25) is 0 Å². The predicted molar refractivity (Wildman–Crippen MR) is 102 cm³/mol. The molecule has 0 spiro atoms. The summed E-state index contributed by atoms with van der Waals surface area (Å²) >= 11 is 0. The Kier molecular flexibility index (Phi) is 10.8. The van der Waals surface area contributed by atoms with Crippen LogP contribution in [-0.2, 0) is 25.5 Å². The highest BCUT2D eigenvalue weighted by Gasteiger charge is 2.28. The van der Waals surface area contributed by atoms with E-state index in [2.05, 4.69) is 5.32 Å². The number of carbonyl (C=O) groups excluding carboxylic acids is 2. The van der Waals surface area contributed by atoms with E-state index >= 15 is 0 Å². The molecule has 2 rings (SSSR count). The standard InChI is InChI=1S/C19H28N2O3.CH2O2/c1-3-24-19(23)17(12-11-16-9-5-4-6-10-16)20-15(2)18(22)21-13-7-8-14-21;2-1-3/h4-6,9-10,15,17,20H,3,7-8,11-14H2,1-2H3;1H,(H,2,3)/t15-,17-;/m0./s1. The molecule has 1 saturated heterocycles. The topological polar surface area (TPSA) is 95.9 Å². The minimum absolute atomic E-state index is 0.0708. The van der Waals surface area contributed by atoms with Crippen LogP contribution in [0.5, 0.6) is 0 Å². The number of amides is 1. The number of aryl methyl sites for hydroxylation is 1. The summed E-state index contributed by atoms with van der Waals surface area (Å²) in [4.78, 5) is 34.9. The van der Waals surface area contributed by atoms with E-state index in [-0.39, 0.29) is 24.4 Å². The van der Waals surface area contributed by atoms with Gasteiger partial charge in [-0.25, -0.2) is 0 Å². The van der Waals surface area contributed by atoms with E-state index in [4.69, 9.17) is 14.6 Å². The number of hydrogen-bond donors (Lipinski definition) is 2. The van der Waals surface area contributed by atoms with E-state index in [1.807, 2.05) is 42.2 Å². The molecule has 150 valence electrons. The normalized spacial score (nSPS) is 15.3. The van der Waals surface area contributed by atoms with Crippen LogP contribution in [0.4, 0.5) is 0 Å². The van der Waals surface area contributed by atoms with Crippen LogP contribution < -0.4 is 5.32 Å². The molecule has 0 unspecified atom stereocenters. The second-order valence-electron chi connectivity index (χ2n) is 6.36. The Morgan fingerprint density at radius 1 is 1.26 bits per heavy atom. The number of carboxylic acid groups (broad SMARTS) is 1. The number of hydrogen-bond acceptors (Lipinski definition) is 5. The monoisotopic (exact) mass is 378 g/mol. The van der Waals surface area contributed by atoms with Crippen LogP contribution in [0.1, 0.15) is 38.7 Å². The highest BCUT2D eigenvalue weighted by Crippen LogP contribution is 2.11. The Morgan fingerprint density at radius 3 is 2.41 bits per heavy atom. The van der Waals surface area contributed by atoms with Gasteiger partial charge in [-0.1, -0.05) is 30.3 Å². The Labute approximate surface area is 160 Å². The van der Waals surface area contributed by atoms with Crippen molar-refractivity contribution in [1.29, 1.82) is 0 Å². The molecule has 1 aliphatic rings. The van der Waals surface area contributed by atoms with Crippen LogP contribution in [-0.4, -0.2) is 60.1 Å². The molecule has 2 atom stereocenters. The summed E-state index contributed by atoms with van der Waals surface area (Å²) in [7, 11) is 0. The number of nitrogens with one attached hydrogen (secondary N) is 1. The molecule has 7 nitrogen and oxygen atoms in total. The first kappa shape index (κ1) is 22.6. The van der Waals surface area contributed by atoms with Crippen molar-refractivity contribution in [2.45, 2.75) is 51.6 Å². The lowest BCUT2D eigenvalue weighted by Crippen LogP contribution is -2.50. The largest absolute Gasteiger partial charge is 0.483 e. The molecule has 0 aliphatic carbocycles. The molecule has 7 heteroatoms. The van der Waals surface area contributed by atoms with Crippen molar-refractivity contribution in [1.82, 2.24) is 10.2 Å². The highest BCUT2D eigenvalue weighted by molar-refractivity contribution is 5.83. The molecule has 1 aromatic rings. The minimum atomic E-state index is -0.466. The van der Waals surface area contributed by atoms with Crippen LogP contribution in [0.25, 0.3) is 0 Å². The molecule has 1 aliphatic heterocycles. The molecule has 0 bridgehead atoms. The van der Waals surface area contributed by atoms with Crippen LogP contribution in [0.3, 0.4) is 0 Å². The molecule has 0 aromatic heterocycles. The number of rotatable bonds is 8. The number of carbonyl (C=O) groups is 3. The van der Waals surface area contributed by atoms with Crippen LogP contribution in [0.15, 0.2) is 30.3 Å². The number of benzene rings is 1. The van der Waals surface area contributed by atoms with Crippen molar-refractivity contribution in [2.75, 3.05) is 19.7 Å². The number of likely N-dealkylation sites (tertiary alicyclic amines) is 1. The summed E-state index contributed by atoms with van der Waals surface area (Å²) in [5.74, 6) is -0.212. The average molecular weight is 378 g/mol. The van der Waals surface area contributed by atoms with Gasteiger partial charge in [-0.15, -0.1) is 0 Å². The van der Waals surface area contributed by atoms with Gasteiger partial charge in [0.1, 0.15) is 6.04 Å². The molecule has 2 N–H and O–H groups in total. The second-order valence-corrected chi connectivity index (χ2v) is 6.36. The second kappa shape index (κ2) is 12.9. The van der Waals surface area contributed by atoms with Crippen molar-refractivity contribution < 1.29 is 24.2 Å². The first-order valence-corrected chi connectivity index (χ1v) is 9.36. The smallest absolute Gasteiger partial charge is 0.323 e. The van der Waals surface area contributed by atoms with Gasteiger partial charge in [-0.05, 0) is 45.1 Å². The quantitative estimate of drug-likeness (QED) is 0.529. The molecule has 1 amide bonds. The first-order valence-electron chi connectivity index (χ1n) is 9.36. The third-order valence-electron chi connectivity index (χ3n) is 4.37. The van der Waals surface area contributed by atoms with E-state index < -0.39 is 6.04 Å². The zero-order valence-corrected chi connectivity index (χ0v) is 16.1. The van der Waals surface area contributed by atoms with Crippen molar-refractivity contribution in [2.24, 2.45) is 0 Å². The van der Waals surface area contributed by atoms with Gasteiger partial charge in [-0.2, -0.15) is 0 Å². The van der Waals surface area contributed by atoms with Crippen molar-refractivity contribution >= 4 is 18.3 Å². The molecule has 1 heterocycles. The van der Waals surface area contributed by atoms with Gasteiger partial charge in [0.15, 0.2) is 0 Å². The van der Waals surface area contributed by atoms with Gasteiger partial charge < -0.3 is 14.7 Å². The van der Waals surface area contributed by atoms with Crippen molar-refractivity contribution in [3.63, 3.8) is 0 Å². The molecule has 0 saturated carbocycles.